The number of carbonyl (C=O) groups is 1. The van der Waals surface area contributed by atoms with Gasteiger partial charge in [0.25, 0.3) is 0 Å². The van der Waals surface area contributed by atoms with E-state index in [9.17, 15) is 4.79 Å². The highest BCUT2D eigenvalue weighted by Gasteiger charge is 2.47. The summed E-state index contributed by atoms with van der Waals surface area (Å²) in [4.78, 5) is 16.9. The van der Waals surface area contributed by atoms with Gasteiger partial charge in [-0.1, -0.05) is 19.8 Å². The highest BCUT2D eigenvalue weighted by Crippen LogP contribution is 2.41. The molecule has 5 nitrogen and oxygen atoms in total. The highest BCUT2D eigenvalue weighted by molar-refractivity contribution is 5.82. The minimum absolute atomic E-state index is 0.138. The molecule has 2 rings (SSSR count). The van der Waals surface area contributed by atoms with Crippen LogP contribution in [-0.4, -0.2) is 27.3 Å². The third-order valence-corrected chi connectivity index (χ3v) is 3.67. The first-order valence-corrected chi connectivity index (χ1v) is 6.71. The summed E-state index contributed by atoms with van der Waals surface area (Å²) in [5.74, 6) is 1.43. The van der Waals surface area contributed by atoms with Gasteiger partial charge >= 0.3 is 5.97 Å². The van der Waals surface area contributed by atoms with Gasteiger partial charge in [0.15, 0.2) is 5.82 Å². The molecule has 18 heavy (non-hydrogen) atoms. The van der Waals surface area contributed by atoms with Crippen LogP contribution in [-0.2, 0) is 28.4 Å². The molecule has 0 aromatic carbocycles. The van der Waals surface area contributed by atoms with Crippen molar-refractivity contribution >= 4 is 5.97 Å². The van der Waals surface area contributed by atoms with Gasteiger partial charge in [-0.2, -0.15) is 5.10 Å². The maximum absolute atomic E-state index is 12.3. The Kier molecular flexibility index (Phi) is 3.68. The molecule has 0 saturated heterocycles. The van der Waals surface area contributed by atoms with Crippen molar-refractivity contribution in [1.82, 2.24) is 14.8 Å². The van der Waals surface area contributed by atoms with Gasteiger partial charge in [0.1, 0.15) is 11.2 Å². The summed E-state index contributed by atoms with van der Waals surface area (Å²) in [6.45, 7) is 4.28. The molecule has 1 aliphatic rings. The Morgan fingerprint density at radius 1 is 1.39 bits per heavy atom. The first kappa shape index (κ1) is 13.1. The first-order valence-electron chi connectivity index (χ1n) is 6.71. The fraction of sp³-hybridized carbons (Fsp3) is 0.769. The average Bonchev–Trinajstić information content (AvgIpc) is 2.96. The van der Waals surface area contributed by atoms with Crippen molar-refractivity contribution in [2.24, 2.45) is 7.05 Å². The maximum atomic E-state index is 12.3. The number of esters is 1. The van der Waals surface area contributed by atoms with Gasteiger partial charge in [0.05, 0.1) is 6.61 Å². The van der Waals surface area contributed by atoms with Crippen LogP contribution in [0, 0.1) is 0 Å². The fourth-order valence-electron chi connectivity index (χ4n) is 2.77. The normalized spacial score (nSPS) is 17.9. The minimum atomic E-state index is -0.564. The molecule has 1 aromatic rings. The summed E-state index contributed by atoms with van der Waals surface area (Å²) in [5.41, 5.74) is -0.564. The van der Waals surface area contributed by atoms with Crippen LogP contribution in [0.2, 0.25) is 0 Å². The smallest absolute Gasteiger partial charge is 0.319 e. The van der Waals surface area contributed by atoms with Crippen molar-refractivity contribution in [3.05, 3.63) is 11.6 Å². The lowest BCUT2D eigenvalue weighted by Crippen LogP contribution is -2.37. The molecule has 1 fully saturated rings. The van der Waals surface area contributed by atoms with E-state index >= 15 is 0 Å². The SMILES string of the molecule is CCOC(=O)C1(c2nc(CC)nn2C)CCCC1. The van der Waals surface area contributed by atoms with Crippen molar-refractivity contribution in [2.75, 3.05) is 6.61 Å². The van der Waals surface area contributed by atoms with Crippen LogP contribution in [0.4, 0.5) is 0 Å². The van der Waals surface area contributed by atoms with Crippen LogP contribution < -0.4 is 0 Å². The fourth-order valence-corrected chi connectivity index (χ4v) is 2.77. The van der Waals surface area contributed by atoms with Crippen molar-refractivity contribution in [1.29, 1.82) is 0 Å². The lowest BCUT2D eigenvalue weighted by molar-refractivity contribution is -0.150. The molecular formula is C13H21N3O2. The van der Waals surface area contributed by atoms with E-state index in [4.69, 9.17) is 4.74 Å². The standard InChI is InChI=1S/C13H21N3O2/c1-4-10-14-11(16(3)15-10)13(8-6-7-9-13)12(17)18-5-2/h4-9H2,1-3H3. The summed E-state index contributed by atoms with van der Waals surface area (Å²) in [6.07, 6.45) is 4.52. The van der Waals surface area contributed by atoms with E-state index in [-0.39, 0.29) is 5.97 Å². The van der Waals surface area contributed by atoms with Crippen molar-refractivity contribution in [2.45, 2.75) is 51.4 Å². The summed E-state index contributed by atoms with van der Waals surface area (Å²) in [6, 6.07) is 0. The molecule has 5 heteroatoms. The lowest BCUT2D eigenvalue weighted by Gasteiger charge is -2.24. The molecular weight excluding hydrogens is 230 g/mol. The van der Waals surface area contributed by atoms with Crippen LogP contribution in [0.5, 0.6) is 0 Å². The van der Waals surface area contributed by atoms with Crippen LogP contribution in [0.1, 0.15) is 51.2 Å². The zero-order valence-corrected chi connectivity index (χ0v) is 11.4. The molecule has 0 atom stereocenters. The third kappa shape index (κ3) is 2.02. The topological polar surface area (TPSA) is 57.0 Å². The monoisotopic (exact) mass is 251 g/mol. The molecule has 0 amide bonds. The number of hydrogen-bond acceptors (Lipinski definition) is 4. The van der Waals surface area contributed by atoms with E-state index in [1.165, 1.54) is 0 Å². The molecule has 0 N–H and O–H groups in total. The molecule has 1 aliphatic carbocycles. The number of carbonyl (C=O) groups excluding carboxylic acids is 1. The Morgan fingerprint density at radius 3 is 2.56 bits per heavy atom. The van der Waals surface area contributed by atoms with Crippen LogP contribution >= 0.6 is 0 Å². The van der Waals surface area contributed by atoms with Crippen LogP contribution in [0.3, 0.4) is 0 Å². The van der Waals surface area contributed by atoms with E-state index in [2.05, 4.69) is 10.1 Å². The molecule has 1 heterocycles. The van der Waals surface area contributed by atoms with E-state index in [0.717, 1.165) is 43.8 Å². The van der Waals surface area contributed by atoms with E-state index in [0.29, 0.717) is 6.61 Å². The molecule has 0 unspecified atom stereocenters. The summed E-state index contributed by atoms with van der Waals surface area (Å²) in [5, 5.41) is 4.36. The Hall–Kier alpha value is -1.39. The Bertz CT molecular complexity index is 433. The molecule has 1 aromatic heterocycles. The number of nitrogens with zero attached hydrogens (tertiary/aromatic N) is 3. The van der Waals surface area contributed by atoms with Crippen LogP contribution in [0.15, 0.2) is 0 Å². The summed E-state index contributed by atoms with van der Waals surface area (Å²) >= 11 is 0. The largest absolute Gasteiger partial charge is 0.465 e. The number of rotatable bonds is 4. The predicted octanol–water partition coefficient (Wildman–Crippen LogP) is 1.75. The minimum Gasteiger partial charge on any atom is -0.465 e. The number of hydrogen-bond donors (Lipinski definition) is 0. The van der Waals surface area contributed by atoms with Crippen LogP contribution in [0.25, 0.3) is 0 Å². The summed E-state index contributed by atoms with van der Waals surface area (Å²) < 4.78 is 7.01. The van der Waals surface area contributed by atoms with Crippen molar-refractivity contribution in [3.8, 4) is 0 Å². The number of aromatic nitrogens is 3. The molecule has 100 valence electrons. The predicted molar refractivity (Wildman–Crippen MR) is 67.2 cm³/mol. The third-order valence-electron chi connectivity index (χ3n) is 3.67. The summed E-state index contributed by atoms with van der Waals surface area (Å²) in [7, 11) is 1.86. The Balaban J connectivity index is 2.40. The highest BCUT2D eigenvalue weighted by atomic mass is 16.5. The van der Waals surface area contributed by atoms with Gasteiger partial charge in [-0.25, -0.2) is 4.98 Å². The molecule has 0 bridgehead atoms. The van der Waals surface area contributed by atoms with Gasteiger partial charge in [-0.05, 0) is 19.8 Å². The van der Waals surface area contributed by atoms with Gasteiger partial charge in [0, 0.05) is 13.5 Å². The van der Waals surface area contributed by atoms with Gasteiger partial charge < -0.3 is 4.74 Å². The Morgan fingerprint density at radius 2 is 2.06 bits per heavy atom. The van der Waals surface area contributed by atoms with Gasteiger partial charge in [0.2, 0.25) is 0 Å². The lowest BCUT2D eigenvalue weighted by atomic mass is 9.85. The van der Waals surface area contributed by atoms with E-state index < -0.39 is 5.41 Å². The molecule has 0 radical (unpaired) electrons. The second-order valence-electron chi connectivity index (χ2n) is 4.84. The molecule has 0 spiro atoms. The average molecular weight is 251 g/mol. The number of aryl methyl sites for hydroxylation is 2. The Labute approximate surface area is 108 Å². The van der Waals surface area contributed by atoms with E-state index in [1.54, 1.807) is 4.68 Å². The first-order chi connectivity index (χ1) is 8.64. The van der Waals surface area contributed by atoms with Crippen molar-refractivity contribution < 1.29 is 9.53 Å². The quantitative estimate of drug-likeness (QED) is 0.765. The molecule has 1 saturated carbocycles. The second-order valence-corrected chi connectivity index (χ2v) is 4.84. The zero-order chi connectivity index (χ0) is 13.2. The zero-order valence-electron chi connectivity index (χ0n) is 11.4. The van der Waals surface area contributed by atoms with Crippen molar-refractivity contribution in [3.63, 3.8) is 0 Å². The number of ether oxygens (including phenoxy) is 1. The second kappa shape index (κ2) is 5.08. The maximum Gasteiger partial charge on any atom is 0.319 e. The van der Waals surface area contributed by atoms with Gasteiger partial charge in [-0.15, -0.1) is 0 Å². The van der Waals surface area contributed by atoms with Gasteiger partial charge in [-0.3, -0.25) is 9.48 Å². The molecule has 0 aliphatic heterocycles. The van der Waals surface area contributed by atoms with E-state index in [1.807, 2.05) is 20.9 Å².